The number of aryl methyl sites for hydroxylation is 1. The normalized spacial score (nSPS) is 15.6. The molecule has 0 saturated heterocycles. The molecular formula is C10H18N6. The number of nitrogens with one attached hydrogen (secondary N) is 1. The molecule has 1 aromatic rings. The fraction of sp³-hybridized carbons (Fsp3) is 0.700. The van der Waals surface area contributed by atoms with Gasteiger partial charge in [-0.25, -0.2) is 0 Å². The molecule has 0 aromatic carbocycles. The Morgan fingerprint density at radius 3 is 2.94 bits per heavy atom. The molecule has 6 nitrogen and oxygen atoms in total. The highest BCUT2D eigenvalue weighted by atomic mass is 15.4. The van der Waals surface area contributed by atoms with E-state index in [-0.39, 0.29) is 5.84 Å². The first-order chi connectivity index (χ1) is 7.65. The van der Waals surface area contributed by atoms with Crippen LogP contribution in [-0.2, 0) is 13.6 Å². The van der Waals surface area contributed by atoms with Crippen molar-refractivity contribution in [3.8, 4) is 0 Å². The van der Waals surface area contributed by atoms with Crippen LogP contribution in [0.5, 0.6) is 0 Å². The van der Waals surface area contributed by atoms with Gasteiger partial charge in [-0.15, -0.1) is 5.10 Å². The van der Waals surface area contributed by atoms with Crippen LogP contribution in [0.1, 0.15) is 25.0 Å². The minimum atomic E-state index is 0.254. The van der Waals surface area contributed by atoms with E-state index in [0.717, 1.165) is 18.8 Å². The van der Waals surface area contributed by atoms with E-state index in [9.17, 15) is 0 Å². The molecule has 1 heterocycles. The zero-order valence-corrected chi connectivity index (χ0v) is 9.56. The molecule has 0 spiro atoms. The minimum Gasteiger partial charge on any atom is -0.388 e. The third kappa shape index (κ3) is 3.03. The highest BCUT2D eigenvalue weighted by Gasteiger charge is 2.29. The monoisotopic (exact) mass is 222 g/mol. The second-order valence-electron chi connectivity index (χ2n) is 4.36. The van der Waals surface area contributed by atoms with Gasteiger partial charge in [-0.05, 0) is 12.8 Å². The van der Waals surface area contributed by atoms with Gasteiger partial charge in [-0.3, -0.25) is 15.0 Å². The van der Waals surface area contributed by atoms with Crippen LogP contribution < -0.4 is 5.73 Å². The summed E-state index contributed by atoms with van der Waals surface area (Å²) in [5, 5.41) is 15.2. The van der Waals surface area contributed by atoms with Gasteiger partial charge in [-0.1, -0.05) is 5.21 Å². The molecule has 6 heteroatoms. The molecule has 88 valence electrons. The summed E-state index contributed by atoms with van der Waals surface area (Å²) in [6.07, 6.45) is 5.07. The summed E-state index contributed by atoms with van der Waals surface area (Å²) in [5.74, 6) is 0.254. The molecule has 0 aliphatic heterocycles. The van der Waals surface area contributed by atoms with Crippen LogP contribution >= 0.6 is 0 Å². The van der Waals surface area contributed by atoms with Gasteiger partial charge in [-0.2, -0.15) is 0 Å². The van der Waals surface area contributed by atoms with E-state index in [1.165, 1.54) is 12.8 Å². The van der Waals surface area contributed by atoms with E-state index in [1.807, 2.05) is 13.2 Å². The maximum Gasteiger partial charge on any atom is 0.0967 e. The van der Waals surface area contributed by atoms with E-state index in [0.29, 0.717) is 12.5 Å². The van der Waals surface area contributed by atoms with Crippen LogP contribution in [0.2, 0.25) is 0 Å². The fourth-order valence-corrected chi connectivity index (χ4v) is 1.77. The summed E-state index contributed by atoms with van der Waals surface area (Å²) in [6.45, 7) is 1.66. The molecule has 0 amide bonds. The van der Waals surface area contributed by atoms with Gasteiger partial charge in [0, 0.05) is 38.8 Å². The smallest absolute Gasteiger partial charge is 0.0967 e. The first-order valence-electron chi connectivity index (χ1n) is 5.57. The number of nitrogens with zero attached hydrogens (tertiary/aromatic N) is 4. The van der Waals surface area contributed by atoms with Crippen LogP contribution in [0.4, 0.5) is 0 Å². The highest BCUT2D eigenvalue weighted by Crippen LogP contribution is 2.27. The van der Waals surface area contributed by atoms with E-state index < -0.39 is 0 Å². The van der Waals surface area contributed by atoms with Crippen LogP contribution in [0.3, 0.4) is 0 Å². The molecule has 3 N–H and O–H groups in total. The number of nitrogens with two attached hydrogens (primary N) is 1. The van der Waals surface area contributed by atoms with Crippen molar-refractivity contribution in [3.05, 3.63) is 11.9 Å². The fourth-order valence-electron chi connectivity index (χ4n) is 1.77. The van der Waals surface area contributed by atoms with Crippen molar-refractivity contribution < 1.29 is 0 Å². The zero-order valence-electron chi connectivity index (χ0n) is 9.56. The molecule has 2 rings (SSSR count). The van der Waals surface area contributed by atoms with E-state index in [4.69, 9.17) is 11.1 Å². The lowest BCUT2D eigenvalue weighted by Gasteiger charge is -2.19. The van der Waals surface area contributed by atoms with Gasteiger partial charge < -0.3 is 5.73 Å². The molecule has 0 unspecified atom stereocenters. The maximum absolute atomic E-state index is 7.25. The van der Waals surface area contributed by atoms with Crippen LogP contribution in [0, 0.1) is 5.41 Å². The minimum absolute atomic E-state index is 0.254. The average Bonchev–Trinajstić information content (AvgIpc) is 2.98. The van der Waals surface area contributed by atoms with Gasteiger partial charge in [0.05, 0.1) is 11.5 Å². The summed E-state index contributed by atoms with van der Waals surface area (Å²) in [6, 6.07) is 0.654. The second kappa shape index (κ2) is 4.61. The van der Waals surface area contributed by atoms with Crippen LogP contribution in [0.15, 0.2) is 6.20 Å². The summed E-state index contributed by atoms with van der Waals surface area (Å²) in [4.78, 5) is 2.34. The molecule has 1 saturated carbocycles. The number of hydrogen-bond acceptors (Lipinski definition) is 4. The first kappa shape index (κ1) is 11.1. The molecule has 0 bridgehead atoms. The Morgan fingerprint density at radius 2 is 2.44 bits per heavy atom. The van der Waals surface area contributed by atoms with Gasteiger partial charge in [0.2, 0.25) is 0 Å². The highest BCUT2D eigenvalue weighted by molar-refractivity contribution is 5.76. The van der Waals surface area contributed by atoms with E-state index >= 15 is 0 Å². The Labute approximate surface area is 94.9 Å². The molecule has 1 fully saturated rings. The molecule has 0 radical (unpaired) electrons. The van der Waals surface area contributed by atoms with Crippen molar-refractivity contribution in [2.75, 3.05) is 6.54 Å². The summed E-state index contributed by atoms with van der Waals surface area (Å²) >= 11 is 0. The van der Waals surface area contributed by atoms with Crippen molar-refractivity contribution in [1.82, 2.24) is 19.9 Å². The Balaban J connectivity index is 1.89. The standard InChI is InChI=1S/C10H18N6/c1-15-6-8(13-14-15)7-16(9-2-3-9)5-4-10(11)12/h6,9H,2-5,7H2,1H3,(H3,11,12). The molecule has 1 aliphatic carbocycles. The third-order valence-electron chi connectivity index (χ3n) is 2.75. The largest absolute Gasteiger partial charge is 0.388 e. The lowest BCUT2D eigenvalue weighted by Crippen LogP contribution is -2.29. The van der Waals surface area contributed by atoms with Crippen LogP contribution in [-0.4, -0.2) is 38.3 Å². The van der Waals surface area contributed by atoms with Crippen LogP contribution in [0.25, 0.3) is 0 Å². The van der Waals surface area contributed by atoms with Crippen molar-refractivity contribution in [3.63, 3.8) is 0 Å². The van der Waals surface area contributed by atoms with E-state index in [2.05, 4.69) is 15.2 Å². The summed E-state index contributed by atoms with van der Waals surface area (Å²) < 4.78 is 1.71. The maximum atomic E-state index is 7.25. The predicted molar refractivity (Wildman–Crippen MR) is 61.0 cm³/mol. The Bertz CT molecular complexity index is 367. The molecule has 1 aromatic heterocycles. The summed E-state index contributed by atoms with van der Waals surface area (Å²) in [7, 11) is 1.87. The SMILES string of the molecule is Cn1cc(CN(CCC(=N)N)C2CC2)nn1. The Morgan fingerprint density at radius 1 is 1.69 bits per heavy atom. The Hall–Kier alpha value is -1.43. The van der Waals surface area contributed by atoms with Crippen molar-refractivity contribution in [1.29, 1.82) is 5.41 Å². The number of aromatic nitrogens is 3. The predicted octanol–water partition coefficient (Wildman–Crippen LogP) is 0.106. The molecular weight excluding hydrogens is 204 g/mol. The van der Waals surface area contributed by atoms with Gasteiger partial charge in [0.1, 0.15) is 0 Å². The van der Waals surface area contributed by atoms with Crippen molar-refractivity contribution >= 4 is 5.84 Å². The number of amidine groups is 1. The molecule has 0 atom stereocenters. The van der Waals surface area contributed by atoms with Gasteiger partial charge in [0.25, 0.3) is 0 Å². The van der Waals surface area contributed by atoms with Crippen molar-refractivity contribution in [2.45, 2.75) is 31.8 Å². The number of hydrogen-bond donors (Lipinski definition) is 2. The van der Waals surface area contributed by atoms with E-state index in [1.54, 1.807) is 4.68 Å². The lowest BCUT2D eigenvalue weighted by molar-refractivity contribution is 0.259. The zero-order chi connectivity index (χ0) is 11.5. The molecule has 1 aliphatic rings. The van der Waals surface area contributed by atoms with Crippen molar-refractivity contribution in [2.24, 2.45) is 12.8 Å². The third-order valence-corrected chi connectivity index (χ3v) is 2.75. The quantitative estimate of drug-likeness (QED) is 0.528. The van der Waals surface area contributed by atoms with Gasteiger partial charge in [0.15, 0.2) is 0 Å². The molecule has 16 heavy (non-hydrogen) atoms. The first-order valence-corrected chi connectivity index (χ1v) is 5.57. The topological polar surface area (TPSA) is 83.8 Å². The second-order valence-corrected chi connectivity index (χ2v) is 4.36. The average molecular weight is 222 g/mol. The number of rotatable bonds is 6. The summed E-state index contributed by atoms with van der Waals surface area (Å²) in [5.41, 5.74) is 6.37. The Kier molecular flexibility index (Phi) is 3.19. The lowest BCUT2D eigenvalue weighted by atomic mass is 10.3. The van der Waals surface area contributed by atoms with Gasteiger partial charge >= 0.3 is 0 Å².